The van der Waals surface area contributed by atoms with Crippen LogP contribution in [0.5, 0.6) is 0 Å². The summed E-state index contributed by atoms with van der Waals surface area (Å²) in [5, 5.41) is 8.17. The minimum atomic E-state index is -1.63. The molecule has 1 aliphatic rings. The van der Waals surface area contributed by atoms with Crippen LogP contribution in [-0.4, -0.2) is 23.0 Å². The minimum Gasteiger partial charge on any atom is -0.449 e. The van der Waals surface area contributed by atoms with Gasteiger partial charge in [0.25, 0.3) is 0 Å². The van der Waals surface area contributed by atoms with E-state index in [1.807, 2.05) is 0 Å². The topological polar surface area (TPSA) is 72.8 Å². The Kier molecular flexibility index (Phi) is 3.33. The first kappa shape index (κ1) is 10.8. The lowest BCUT2D eigenvalue weighted by molar-refractivity contribution is -0.0371. The smallest absolute Gasteiger partial charge is 0.449 e. The van der Waals surface area contributed by atoms with Crippen molar-refractivity contribution in [3.05, 3.63) is 0 Å². The third-order valence-corrected chi connectivity index (χ3v) is 2.41. The zero-order chi connectivity index (χ0) is 10.6. The second kappa shape index (κ2) is 4.30. The Labute approximate surface area is 82.0 Å². The van der Waals surface area contributed by atoms with E-state index in [1.165, 1.54) is 0 Å². The SMILES string of the molecule is CC1(OC(=O)OC(=O)O)CCCCC1. The van der Waals surface area contributed by atoms with Gasteiger partial charge in [0.1, 0.15) is 5.60 Å². The highest BCUT2D eigenvalue weighted by Gasteiger charge is 2.32. The molecule has 0 atom stereocenters. The molecule has 0 radical (unpaired) electrons. The predicted octanol–water partition coefficient (Wildman–Crippen LogP) is 2.54. The highest BCUT2D eigenvalue weighted by Crippen LogP contribution is 2.31. The zero-order valence-corrected chi connectivity index (χ0v) is 8.12. The van der Waals surface area contributed by atoms with Gasteiger partial charge in [0.15, 0.2) is 0 Å². The van der Waals surface area contributed by atoms with E-state index in [0.29, 0.717) is 0 Å². The standard InChI is InChI=1S/C9H14O5/c1-9(5-3-2-4-6-9)14-8(12)13-7(10)11/h2-6H2,1H3,(H,10,11). The molecule has 0 saturated heterocycles. The normalized spacial score (nSPS) is 19.8. The van der Waals surface area contributed by atoms with Crippen molar-refractivity contribution in [1.82, 2.24) is 0 Å². The first-order valence-corrected chi connectivity index (χ1v) is 4.66. The average Bonchev–Trinajstić information content (AvgIpc) is 2.02. The van der Waals surface area contributed by atoms with Crippen molar-refractivity contribution in [2.24, 2.45) is 0 Å². The van der Waals surface area contributed by atoms with Crippen molar-refractivity contribution in [2.75, 3.05) is 0 Å². The van der Waals surface area contributed by atoms with Gasteiger partial charge in [0.05, 0.1) is 0 Å². The van der Waals surface area contributed by atoms with Crippen molar-refractivity contribution in [2.45, 2.75) is 44.6 Å². The fraction of sp³-hybridized carbons (Fsp3) is 0.778. The number of carboxylic acid groups (broad SMARTS) is 1. The minimum absolute atomic E-state index is 0.551. The van der Waals surface area contributed by atoms with Crippen LogP contribution >= 0.6 is 0 Å². The molecule has 0 amide bonds. The van der Waals surface area contributed by atoms with E-state index >= 15 is 0 Å². The summed E-state index contributed by atoms with van der Waals surface area (Å²) in [5.41, 5.74) is -0.551. The Morgan fingerprint density at radius 3 is 2.29 bits per heavy atom. The van der Waals surface area contributed by atoms with Gasteiger partial charge in [0, 0.05) is 0 Å². The van der Waals surface area contributed by atoms with E-state index in [-0.39, 0.29) is 0 Å². The number of carbonyl (C=O) groups excluding carboxylic acids is 1. The van der Waals surface area contributed by atoms with Gasteiger partial charge in [-0.25, -0.2) is 9.59 Å². The molecule has 0 aliphatic heterocycles. The molecule has 0 heterocycles. The summed E-state index contributed by atoms with van der Waals surface area (Å²) in [4.78, 5) is 20.9. The number of ether oxygens (including phenoxy) is 2. The molecule has 80 valence electrons. The van der Waals surface area contributed by atoms with Crippen LogP contribution in [0.2, 0.25) is 0 Å². The average molecular weight is 202 g/mol. The van der Waals surface area contributed by atoms with Crippen LogP contribution in [0.3, 0.4) is 0 Å². The molecule has 1 aliphatic carbocycles. The summed E-state index contributed by atoms with van der Waals surface area (Å²) >= 11 is 0. The number of carbonyl (C=O) groups is 2. The molecule has 0 unspecified atom stereocenters. The molecule has 0 aromatic carbocycles. The molecule has 14 heavy (non-hydrogen) atoms. The molecule has 1 N–H and O–H groups in total. The molecule has 0 bridgehead atoms. The van der Waals surface area contributed by atoms with Gasteiger partial charge in [-0.2, -0.15) is 0 Å². The molecule has 1 fully saturated rings. The largest absolute Gasteiger partial charge is 0.519 e. The lowest BCUT2D eigenvalue weighted by Crippen LogP contribution is -2.34. The van der Waals surface area contributed by atoms with Crippen LogP contribution in [0.1, 0.15) is 39.0 Å². The summed E-state index contributed by atoms with van der Waals surface area (Å²) in [6.45, 7) is 1.80. The van der Waals surface area contributed by atoms with Gasteiger partial charge in [0.2, 0.25) is 0 Å². The zero-order valence-electron chi connectivity index (χ0n) is 8.12. The van der Waals surface area contributed by atoms with Crippen LogP contribution in [0.4, 0.5) is 9.59 Å². The fourth-order valence-electron chi connectivity index (χ4n) is 1.70. The van der Waals surface area contributed by atoms with Crippen LogP contribution < -0.4 is 0 Å². The van der Waals surface area contributed by atoms with Gasteiger partial charge >= 0.3 is 12.3 Å². The first-order chi connectivity index (χ1) is 6.52. The van der Waals surface area contributed by atoms with Crippen LogP contribution in [0, 0.1) is 0 Å². The maximum absolute atomic E-state index is 10.9. The highest BCUT2D eigenvalue weighted by molar-refractivity contribution is 5.75. The summed E-state index contributed by atoms with van der Waals surface area (Å²) < 4.78 is 8.82. The van der Waals surface area contributed by atoms with Crippen LogP contribution in [0.15, 0.2) is 0 Å². The van der Waals surface area contributed by atoms with Crippen LogP contribution in [-0.2, 0) is 9.47 Å². The summed E-state index contributed by atoms with van der Waals surface area (Å²) in [6.07, 6.45) is 1.90. The third-order valence-electron chi connectivity index (χ3n) is 2.41. The second-order valence-electron chi connectivity index (χ2n) is 3.73. The van der Waals surface area contributed by atoms with Gasteiger partial charge in [-0.3, -0.25) is 0 Å². The predicted molar refractivity (Wildman–Crippen MR) is 47.1 cm³/mol. The molecule has 1 rings (SSSR count). The fourth-order valence-corrected chi connectivity index (χ4v) is 1.70. The van der Waals surface area contributed by atoms with Crippen molar-refractivity contribution < 1.29 is 24.2 Å². The Balaban J connectivity index is 2.41. The monoisotopic (exact) mass is 202 g/mol. The van der Waals surface area contributed by atoms with Gasteiger partial charge < -0.3 is 14.6 Å². The highest BCUT2D eigenvalue weighted by atomic mass is 16.8. The van der Waals surface area contributed by atoms with E-state index in [4.69, 9.17) is 9.84 Å². The molecule has 5 heteroatoms. The summed E-state index contributed by atoms with van der Waals surface area (Å²) in [6, 6.07) is 0. The molecule has 1 saturated carbocycles. The van der Waals surface area contributed by atoms with Gasteiger partial charge in [-0.05, 0) is 32.6 Å². The Morgan fingerprint density at radius 2 is 1.79 bits per heavy atom. The van der Waals surface area contributed by atoms with Crippen molar-refractivity contribution in [1.29, 1.82) is 0 Å². The quantitative estimate of drug-likeness (QED) is 0.522. The number of rotatable bonds is 1. The molecule has 0 aromatic rings. The third kappa shape index (κ3) is 3.24. The van der Waals surface area contributed by atoms with Crippen LogP contribution in [0.25, 0.3) is 0 Å². The van der Waals surface area contributed by atoms with E-state index in [9.17, 15) is 9.59 Å². The maximum Gasteiger partial charge on any atom is 0.519 e. The van der Waals surface area contributed by atoms with E-state index in [0.717, 1.165) is 32.1 Å². The van der Waals surface area contributed by atoms with Gasteiger partial charge in [-0.1, -0.05) is 6.42 Å². The second-order valence-corrected chi connectivity index (χ2v) is 3.73. The molecular weight excluding hydrogens is 188 g/mol. The maximum atomic E-state index is 10.9. The molecular formula is C9H14O5. The molecule has 5 nitrogen and oxygen atoms in total. The number of hydrogen-bond donors (Lipinski definition) is 1. The Morgan fingerprint density at radius 1 is 1.21 bits per heavy atom. The first-order valence-electron chi connectivity index (χ1n) is 4.66. The van der Waals surface area contributed by atoms with E-state index in [1.54, 1.807) is 6.92 Å². The van der Waals surface area contributed by atoms with E-state index < -0.39 is 17.9 Å². The van der Waals surface area contributed by atoms with E-state index in [2.05, 4.69) is 4.74 Å². The lowest BCUT2D eigenvalue weighted by atomic mass is 9.86. The summed E-state index contributed by atoms with van der Waals surface area (Å²) in [5.74, 6) is 0. The number of hydrogen-bond acceptors (Lipinski definition) is 4. The van der Waals surface area contributed by atoms with Crippen molar-refractivity contribution in [3.8, 4) is 0 Å². The Hall–Kier alpha value is -1.26. The van der Waals surface area contributed by atoms with Crippen molar-refractivity contribution in [3.63, 3.8) is 0 Å². The summed E-state index contributed by atoms with van der Waals surface area (Å²) in [7, 11) is 0. The molecule has 0 aromatic heterocycles. The van der Waals surface area contributed by atoms with Gasteiger partial charge in [-0.15, -0.1) is 0 Å². The molecule has 0 spiro atoms. The Bertz CT molecular complexity index is 229. The van der Waals surface area contributed by atoms with Crippen molar-refractivity contribution >= 4 is 12.3 Å². The lowest BCUT2D eigenvalue weighted by Gasteiger charge is -2.32.